The lowest BCUT2D eigenvalue weighted by molar-refractivity contribution is 0.174. The van der Waals surface area contributed by atoms with Crippen LogP contribution in [0.3, 0.4) is 0 Å². The molecular formula is C11H12ClN3O2. The minimum absolute atomic E-state index is 0.113. The van der Waals surface area contributed by atoms with Crippen molar-refractivity contribution < 1.29 is 9.47 Å². The van der Waals surface area contributed by atoms with Gasteiger partial charge in [-0.3, -0.25) is 4.99 Å². The molecule has 0 bridgehead atoms. The Labute approximate surface area is 104 Å². The van der Waals surface area contributed by atoms with Gasteiger partial charge in [0.05, 0.1) is 17.6 Å². The molecule has 2 N–H and O–H groups in total. The average Bonchev–Trinajstić information content (AvgIpc) is 2.88. The molecule has 90 valence electrons. The van der Waals surface area contributed by atoms with Crippen molar-refractivity contribution >= 4 is 17.6 Å². The molecule has 1 aromatic rings. The number of halogens is 1. The molecular weight excluding hydrogens is 242 g/mol. The summed E-state index contributed by atoms with van der Waals surface area (Å²) in [6, 6.07) is 3.93. The van der Waals surface area contributed by atoms with Gasteiger partial charge in [-0.05, 0) is 17.7 Å². The van der Waals surface area contributed by atoms with E-state index in [2.05, 4.69) is 4.99 Å². The number of hydrogen-bond acceptors (Lipinski definition) is 5. The van der Waals surface area contributed by atoms with Crippen LogP contribution in [0.25, 0.3) is 0 Å². The van der Waals surface area contributed by atoms with Crippen LogP contribution in [0.4, 0.5) is 0 Å². The molecule has 2 aliphatic heterocycles. The number of benzene rings is 1. The predicted octanol–water partition coefficient (Wildman–Crippen LogP) is 1.37. The lowest BCUT2D eigenvalue weighted by atomic mass is 10.1. The van der Waals surface area contributed by atoms with Crippen LogP contribution in [0.2, 0.25) is 5.02 Å². The molecule has 6 heteroatoms. The maximum Gasteiger partial charge on any atom is 0.231 e. The van der Waals surface area contributed by atoms with Crippen LogP contribution < -0.4 is 15.2 Å². The second-order valence-electron chi connectivity index (χ2n) is 4.06. The molecule has 2 aliphatic rings. The highest BCUT2D eigenvalue weighted by Crippen LogP contribution is 2.42. The van der Waals surface area contributed by atoms with Gasteiger partial charge in [-0.25, -0.2) is 0 Å². The smallest absolute Gasteiger partial charge is 0.231 e. The number of hydrogen-bond donors (Lipinski definition) is 1. The Kier molecular flexibility index (Phi) is 2.29. The van der Waals surface area contributed by atoms with Gasteiger partial charge >= 0.3 is 0 Å². The largest absolute Gasteiger partial charge is 0.454 e. The molecule has 5 nitrogen and oxygen atoms in total. The number of nitrogens with zero attached hydrogens (tertiary/aromatic N) is 2. The van der Waals surface area contributed by atoms with Gasteiger partial charge in [0.1, 0.15) is 0 Å². The van der Waals surface area contributed by atoms with E-state index >= 15 is 0 Å². The fraction of sp³-hybridized carbons (Fsp3) is 0.364. The maximum absolute atomic E-state index is 6.15. The number of likely N-dealkylation sites (N-methyl/N-ethyl adjacent to an activating group) is 1. The Hall–Kier alpha value is -1.62. The Bertz CT molecular complexity index is 504. The monoisotopic (exact) mass is 253 g/mol. The van der Waals surface area contributed by atoms with E-state index in [1.165, 1.54) is 0 Å². The van der Waals surface area contributed by atoms with Crippen LogP contribution in [-0.4, -0.2) is 31.2 Å². The highest BCUT2D eigenvalue weighted by atomic mass is 35.5. The summed E-state index contributed by atoms with van der Waals surface area (Å²) in [5.74, 6) is 1.85. The number of nitrogens with two attached hydrogens (primary N) is 1. The van der Waals surface area contributed by atoms with E-state index in [0.717, 1.165) is 5.56 Å². The van der Waals surface area contributed by atoms with E-state index in [4.69, 9.17) is 26.8 Å². The standard InChI is InChI=1S/C11H12ClN3O2/c1-15-8(4-14-11(15)13)6-2-7(12)10-9(3-6)16-5-17-10/h2-3,8H,4-5H2,1H3,(H2,13,14). The summed E-state index contributed by atoms with van der Waals surface area (Å²) in [5, 5.41) is 0.564. The maximum atomic E-state index is 6.15. The van der Waals surface area contributed by atoms with Crippen molar-refractivity contribution in [1.29, 1.82) is 0 Å². The molecule has 2 heterocycles. The Morgan fingerprint density at radius 2 is 2.29 bits per heavy atom. The third-order valence-corrected chi connectivity index (χ3v) is 3.37. The molecule has 0 saturated carbocycles. The van der Waals surface area contributed by atoms with Crippen LogP contribution in [0, 0.1) is 0 Å². The third-order valence-electron chi connectivity index (χ3n) is 3.09. The fourth-order valence-electron chi connectivity index (χ4n) is 2.08. The number of ether oxygens (including phenoxy) is 2. The molecule has 17 heavy (non-hydrogen) atoms. The van der Waals surface area contributed by atoms with Gasteiger partial charge in [0.15, 0.2) is 17.5 Å². The summed E-state index contributed by atoms with van der Waals surface area (Å²) in [6.45, 7) is 0.857. The van der Waals surface area contributed by atoms with Crippen LogP contribution in [0.1, 0.15) is 11.6 Å². The lowest BCUT2D eigenvalue weighted by Crippen LogP contribution is -2.32. The quantitative estimate of drug-likeness (QED) is 0.821. The highest BCUT2D eigenvalue weighted by molar-refractivity contribution is 6.32. The van der Waals surface area contributed by atoms with Gasteiger partial charge in [-0.2, -0.15) is 0 Å². The summed E-state index contributed by atoms with van der Waals surface area (Å²) in [6.07, 6.45) is 0. The van der Waals surface area contributed by atoms with E-state index in [-0.39, 0.29) is 12.8 Å². The first-order chi connectivity index (χ1) is 8.16. The fourth-order valence-corrected chi connectivity index (χ4v) is 2.36. The Balaban J connectivity index is 1.98. The Morgan fingerprint density at radius 3 is 3.00 bits per heavy atom. The van der Waals surface area contributed by atoms with Crippen molar-refractivity contribution in [3.63, 3.8) is 0 Å². The van der Waals surface area contributed by atoms with Gasteiger partial charge in [-0.15, -0.1) is 0 Å². The molecule has 3 rings (SSSR count). The first kappa shape index (κ1) is 10.5. The number of fused-ring (bicyclic) bond motifs is 1. The first-order valence-corrected chi connectivity index (χ1v) is 5.66. The van der Waals surface area contributed by atoms with E-state index in [9.17, 15) is 0 Å². The second kappa shape index (κ2) is 3.70. The summed E-state index contributed by atoms with van der Waals surface area (Å²) in [7, 11) is 1.91. The molecule has 0 radical (unpaired) electrons. The molecule has 0 aromatic heterocycles. The van der Waals surface area contributed by atoms with Crippen LogP contribution >= 0.6 is 11.6 Å². The van der Waals surface area contributed by atoms with Crippen molar-refractivity contribution in [1.82, 2.24) is 4.90 Å². The zero-order valence-electron chi connectivity index (χ0n) is 9.31. The van der Waals surface area contributed by atoms with E-state index in [1.54, 1.807) is 0 Å². The Morgan fingerprint density at radius 1 is 1.47 bits per heavy atom. The predicted molar refractivity (Wildman–Crippen MR) is 64.6 cm³/mol. The van der Waals surface area contributed by atoms with Crippen molar-refractivity contribution in [2.24, 2.45) is 10.7 Å². The van der Waals surface area contributed by atoms with Crippen LogP contribution in [0.5, 0.6) is 11.5 Å². The molecule has 1 atom stereocenters. The third kappa shape index (κ3) is 1.58. The first-order valence-electron chi connectivity index (χ1n) is 5.28. The number of aliphatic imine (C=N–C) groups is 1. The van der Waals surface area contributed by atoms with E-state index in [1.807, 2.05) is 24.1 Å². The topological polar surface area (TPSA) is 60.1 Å². The number of rotatable bonds is 1. The minimum atomic E-state index is 0.113. The van der Waals surface area contributed by atoms with Gasteiger partial charge in [-0.1, -0.05) is 11.6 Å². The summed E-state index contributed by atoms with van der Waals surface area (Å²) in [5.41, 5.74) is 6.78. The summed E-state index contributed by atoms with van der Waals surface area (Å²) in [4.78, 5) is 6.13. The molecule has 1 unspecified atom stereocenters. The van der Waals surface area contributed by atoms with Gasteiger partial charge in [0.25, 0.3) is 0 Å². The lowest BCUT2D eigenvalue weighted by Gasteiger charge is -2.22. The molecule has 0 saturated heterocycles. The minimum Gasteiger partial charge on any atom is -0.454 e. The zero-order chi connectivity index (χ0) is 12.0. The summed E-state index contributed by atoms with van der Waals surface area (Å²) < 4.78 is 10.6. The molecule has 0 amide bonds. The molecule has 0 fully saturated rings. The van der Waals surface area contributed by atoms with E-state index < -0.39 is 0 Å². The molecule has 1 aromatic carbocycles. The van der Waals surface area contributed by atoms with Crippen LogP contribution in [-0.2, 0) is 0 Å². The van der Waals surface area contributed by atoms with Crippen molar-refractivity contribution in [3.05, 3.63) is 22.7 Å². The van der Waals surface area contributed by atoms with Gasteiger partial charge in [0.2, 0.25) is 6.79 Å². The average molecular weight is 254 g/mol. The van der Waals surface area contributed by atoms with Crippen molar-refractivity contribution in [2.45, 2.75) is 6.04 Å². The van der Waals surface area contributed by atoms with Crippen molar-refractivity contribution in [2.75, 3.05) is 20.4 Å². The SMILES string of the molecule is CN1C(N)=NCC1c1cc(Cl)c2c(c1)OCO2. The molecule has 0 aliphatic carbocycles. The number of guanidine groups is 1. The van der Waals surface area contributed by atoms with Gasteiger partial charge in [0, 0.05) is 7.05 Å². The summed E-state index contributed by atoms with van der Waals surface area (Å²) >= 11 is 6.15. The van der Waals surface area contributed by atoms with Gasteiger partial charge < -0.3 is 20.1 Å². The van der Waals surface area contributed by atoms with Crippen molar-refractivity contribution in [3.8, 4) is 11.5 Å². The second-order valence-corrected chi connectivity index (χ2v) is 4.47. The van der Waals surface area contributed by atoms with E-state index in [0.29, 0.717) is 29.0 Å². The zero-order valence-corrected chi connectivity index (χ0v) is 10.1. The normalized spacial score (nSPS) is 21.9. The molecule has 0 spiro atoms. The highest BCUT2D eigenvalue weighted by Gasteiger charge is 2.27. The van der Waals surface area contributed by atoms with Crippen LogP contribution in [0.15, 0.2) is 17.1 Å².